The van der Waals surface area contributed by atoms with E-state index in [0.29, 0.717) is 43.9 Å². The van der Waals surface area contributed by atoms with Gasteiger partial charge in [-0.25, -0.2) is 9.07 Å². The van der Waals surface area contributed by atoms with Crippen LogP contribution in [-0.2, 0) is 19.3 Å². The van der Waals surface area contributed by atoms with E-state index < -0.39 is 11.7 Å². The van der Waals surface area contributed by atoms with Gasteiger partial charge in [-0.1, -0.05) is 34.1 Å². The normalized spacial score (nSPS) is 12.3. The maximum Gasteiger partial charge on any atom is 0.416 e. The number of thiazole rings is 1. The van der Waals surface area contributed by atoms with Gasteiger partial charge in [0.1, 0.15) is 17.2 Å². The van der Waals surface area contributed by atoms with Crippen LogP contribution in [0, 0.1) is 5.82 Å². The van der Waals surface area contributed by atoms with Crippen molar-refractivity contribution in [3.8, 4) is 28.4 Å². The van der Waals surface area contributed by atoms with Crippen LogP contribution in [-0.4, -0.2) is 24.7 Å². The lowest BCUT2D eigenvalue weighted by atomic mass is 10.1. The molecule has 0 atom stereocenters. The summed E-state index contributed by atoms with van der Waals surface area (Å²) in [7, 11) is 0. The molecule has 13 heteroatoms. The van der Waals surface area contributed by atoms with Crippen molar-refractivity contribution in [2.45, 2.75) is 19.3 Å². The zero-order chi connectivity index (χ0) is 29.3. The van der Waals surface area contributed by atoms with Crippen LogP contribution in [0.4, 0.5) is 17.6 Å². The van der Waals surface area contributed by atoms with E-state index in [0.717, 1.165) is 17.7 Å². The molecule has 7 nitrogen and oxygen atoms in total. The number of halogens is 5. The molecule has 0 N–H and O–H groups in total. The van der Waals surface area contributed by atoms with Gasteiger partial charge in [0, 0.05) is 22.0 Å². The molecule has 6 rings (SSSR count). The van der Waals surface area contributed by atoms with Crippen molar-refractivity contribution in [3.05, 3.63) is 123 Å². The minimum atomic E-state index is -4.45. The van der Waals surface area contributed by atoms with Gasteiger partial charge in [0.2, 0.25) is 0 Å². The van der Waals surface area contributed by atoms with E-state index in [4.69, 9.17) is 16.1 Å². The van der Waals surface area contributed by atoms with Gasteiger partial charge < -0.3 is 9.09 Å². The Morgan fingerprint density at radius 1 is 0.976 bits per heavy atom. The smallest absolute Gasteiger partial charge is 0.356 e. The van der Waals surface area contributed by atoms with Crippen molar-refractivity contribution in [1.82, 2.24) is 24.7 Å². The monoisotopic (exact) mass is 610 g/mol. The maximum absolute atomic E-state index is 13.4. The Balaban J connectivity index is 1.36. The summed E-state index contributed by atoms with van der Waals surface area (Å²) in [4.78, 5) is 5.17. The maximum atomic E-state index is 13.4. The Morgan fingerprint density at radius 3 is 2.52 bits per heavy atom. The second-order valence-electron chi connectivity index (χ2n) is 9.22. The molecule has 0 aliphatic heterocycles. The summed E-state index contributed by atoms with van der Waals surface area (Å²) >= 11 is 7.31. The lowest BCUT2D eigenvalue weighted by Crippen LogP contribution is -2.17. The number of rotatable bonds is 7. The molecule has 0 aliphatic rings. The quantitative estimate of drug-likeness (QED) is 0.176. The summed E-state index contributed by atoms with van der Waals surface area (Å²) in [5.41, 5.74) is 2.86. The van der Waals surface area contributed by atoms with Gasteiger partial charge >= 0.3 is 6.18 Å². The van der Waals surface area contributed by atoms with E-state index in [1.54, 1.807) is 42.6 Å². The molecule has 0 saturated carbocycles. The Bertz CT molecular complexity index is 1910. The van der Waals surface area contributed by atoms with E-state index in [9.17, 15) is 17.6 Å². The fourth-order valence-corrected chi connectivity index (χ4v) is 5.24. The van der Waals surface area contributed by atoms with Crippen LogP contribution < -0.4 is 4.80 Å². The SMILES string of the molecule is Fc1ccc(-n2cc(-c3csc(=NCc4cccc(C(F)(F)F)c4)n3Cc3cc(-c4ccc(Cl)cc4)on3)nn2)cc1. The van der Waals surface area contributed by atoms with Gasteiger partial charge in [0.25, 0.3) is 0 Å². The van der Waals surface area contributed by atoms with Crippen LogP contribution in [0.25, 0.3) is 28.4 Å². The molecule has 0 spiro atoms. The largest absolute Gasteiger partial charge is 0.416 e. The Morgan fingerprint density at radius 2 is 1.76 bits per heavy atom. The Labute approximate surface area is 245 Å². The molecule has 6 aromatic rings. The predicted octanol–water partition coefficient (Wildman–Crippen LogP) is 7.41. The first kappa shape index (κ1) is 27.6. The highest BCUT2D eigenvalue weighted by Gasteiger charge is 2.30. The van der Waals surface area contributed by atoms with Crippen molar-refractivity contribution in [2.24, 2.45) is 4.99 Å². The lowest BCUT2D eigenvalue weighted by molar-refractivity contribution is -0.137. The third-order valence-electron chi connectivity index (χ3n) is 6.30. The van der Waals surface area contributed by atoms with Gasteiger partial charge in [-0.15, -0.1) is 16.4 Å². The fourth-order valence-electron chi connectivity index (χ4n) is 4.22. The first-order valence-corrected chi connectivity index (χ1v) is 13.7. The van der Waals surface area contributed by atoms with Gasteiger partial charge in [-0.3, -0.25) is 4.99 Å². The molecule has 0 saturated heterocycles. The molecule has 0 radical (unpaired) electrons. The van der Waals surface area contributed by atoms with Gasteiger partial charge in [0.15, 0.2) is 10.6 Å². The van der Waals surface area contributed by atoms with Crippen LogP contribution >= 0.6 is 22.9 Å². The van der Waals surface area contributed by atoms with Crippen LogP contribution in [0.15, 0.2) is 100.0 Å². The van der Waals surface area contributed by atoms with E-state index in [-0.39, 0.29) is 18.9 Å². The minimum Gasteiger partial charge on any atom is -0.356 e. The predicted molar refractivity (Wildman–Crippen MR) is 149 cm³/mol. The second kappa shape index (κ2) is 11.4. The molecule has 3 aromatic heterocycles. The summed E-state index contributed by atoms with van der Waals surface area (Å²) in [5.74, 6) is 0.177. The van der Waals surface area contributed by atoms with E-state index >= 15 is 0 Å². The molecule has 212 valence electrons. The first-order valence-electron chi connectivity index (χ1n) is 12.5. The second-order valence-corrected chi connectivity index (χ2v) is 10.5. The molecule has 42 heavy (non-hydrogen) atoms. The van der Waals surface area contributed by atoms with Crippen LogP contribution in [0.1, 0.15) is 16.8 Å². The van der Waals surface area contributed by atoms with Gasteiger partial charge in [-0.05, 0) is 66.2 Å². The van der Waals surface area contributed by atoms with Crippen LogP contribution in [0.5, 0.6) is 0 Å². The standard InChI is InChI=1S/C29H19ClF4N6OS/c30-21-6-4-19(5-7-21)27-13-23(37-41-27)15-39-26(25-16-40(38-36-25)24-10-8-22(31)9-11-24)17-42-28(39)35-14-18-2-1-3-20(12-18)29(32,33)34/h1-13,16-17H,14-15H2. The molecular weight excluding hydrogens is 592 g/mol. The minimum absolute atomic E-state index is 0.0288. The van der Waals surface area contributed by atoms with Crippen molar-refractivity contribution in [2.75, 3.05) is 0 Å². The van der Waals surface area contributed by atoms with E-state index in [2.05, 4.69) is 20.5 Å². The first-order chi connectivity index (χ1) is 20.2. The number of nitrogens with zero attached hydrogens (tertiary/aromatic N) is 6. The molecule has 3 heterocycles. The number of aromatic nitrogens is 5. The molecule has 3 aromatic carbocycles. The number of benzene rings is 3. The van der Waals surface area contributed by atoms with Crippen LogP contribution in [0.3, 0.4) is 0 Å². The highest BCUT2D eigenvalue weighted by atomic mass is 35.5. The summed E-state index contributed by atoms with van der Waals surface area (Å²) in [6.45, 7) is 0.266. The topological polar surface area (TPSA) is 74.0 Å². The molecular formula is C29H19ClF4N6OS. The third-order valence-corrected chi connectivity index (χ3v) is 7.46. The lowest BCUT2D eigenvalue weighted by Gasteiger charge is -2.08. The van der Waals surface area contributed by atoms with E-state index in [1.807, 2.05) is 22.1 Å². The molecule has 0 bridgehead atoms. The van der Waals surface area contributed by atoms with E-state index in [1.165, 1.54) is 34.2 Å². The summed E-state index contributed by atoms with van der Waals surface area (Å²) in [6, 6.07) is 19.8. The van der Waals surface area contributed by atoms with Crippen molar-refractivity contribution >= 4 is 22.9 Å². The molecule has 0 aliphatic carbocycles. The highest BCUT2D eigenvalue weighted by molar-refractivity contribution is 7.07. The summed E-state index contributed by atoms with van der Waals surface area (Å²) in [5, 5.41) is 15.1. The fraction of sp³-hybridized carbons (Fsp3) is 0.103. The van der Waals surface area contributed by atoms with Gasteiger partial charge in [0.05, 0.1) is 36.2 Å². The Kier molecular flexibility index (Phi) is 7.48. The average Bonchev–Trinajstić information content (AvgIpc) is 3.73. The van der Waals surface area contributed by atoms with Crippen molar-refractivity contribution < 1.29 is 22.1 Å². The van der Waals surface area contributed by atoms with Gasteiger partial charge in [-0.2, -0.15) is 13.2 Å². The van der Waals surface area contributed by atoms with Crippen molar-refractivity contribution in [3.63, 3.8) is 0 Å². The number of hydrogen-bond acceptors (Lipinski definition) is 6. The van der Waals surface area contributed by atoms with Crippen molar-refractivity contribution in [1.29, 1.82) is 0 Å². The average molecular weight is 611 g/mol. The summed E-state index contributed by atoms with van der Waals surface area (Å²) in [6.07, 6.45) is -2.75. The highest BCUT2D eigenvalue weighted by Crippen LogP contribution is 2.30. The molecule has 0 amide bonds. The number of hydrogen-bond donors (Lipinski definition) is 0. The molecule has 0 unspecified atom stereocenters. The third kappa shape index (κ3) is 6.04. The zero-order valence-corrected chi connectivity index (χ0v) is 23.0. The summed E-state index contributed by atoms with van der Waals surface area (Å²) < 4.78 is 62.0. The Hall–Kier alpha value is -4.55. The zero-order valence-electron chi connectivity index (χ0n) is 21.5. The molecule has 0 fully saturated rings. The van der Waals surface area contributed by atoms with Crippen LogP contribution in [0.2, 0.25) is 5.02 Å². The number of alkyl halides is 3.